The highest BCUT2D eigenvalue weighted by Gasteiger charge is 2.16. The standard InChI is InChI=1S/C24H19NO6/c1-15(26)16-7-9-17(10-8-16)21-11-12-23(30-21)24(27)29-14-18-13-20(25-31-18)19-5-3-4-6-22(19)28-2/h3-13H,14H2,1-2H3. The first-order valence-corrected chi connectivity index (χ1v) is 9.52. The van der Waals surface area contributed by atoms with Gasteiger partial charge in [-0.15, -0.1) is 0 Å². The summed E-state index contributed by atoms with van der Waals surface area (Å²) in [4.78, 5) is 23.7. The largest absolute Gasteiger partial charge is 0.496 e. The van der Waals surface area contributed by atoms with Crippen molar-refractivity contribution in [2.24, 2.45) is 0 Å². The molecule has 0 unspecified atom stereocenters. The summed E-state index contributed by atoms with van der Waals surface area (Å²) < 4.78 is 21.5. The van der Waals surface area contributed by atoms with Gasteiger partial charge in [-0.1, -0.05) is 41.6 Å². The zero-order valence-electron chi connectivity index (χ0n) is 17.0. The van der Waals surface area contributed by atoms with Gasteiger partial charge in [-0.3, -0.25) is 4.79 Å². The molecular weight excluding hydrogens is 398 g/mol. The number of rotatable bonds is 7. The van der Waals surface area contributed by atoms with Crippen LogP contribution in [0.3, 0.4) is 0 Å². The van der Waals surface area contributed by atoms with Gasteiger partial charge < -0.3 is 18.4 Å². The van der Waals surface area contributed by atoms with E-state index in [1.807, 2.05) is 24.3 Å². The number of esters is 1. The number of furan rings is 1. The van der Waals surface area contributed by atoms with E-state index in [0.717, 1.165) is 11.1 Å². The number of benzene rings is 2. The maximum Gasteiger partial charge on any atom is 0.374 e. The van der Waals surface area contributed by atoms with Gasteiger partial charge in [-0.2, -0.15) is 0 Å². The van der Waals surface area contributed by atoms with Crippen LogP contribution in [-0.2, 0) is 11.3 Å². The Kier molecular flexibility index (Phi) is 5.66. The van der Waals surface area contributed by atoms with E-state index in [1.165, 1.54) is 13.0 Å². The minimum atomic E-state index is -0.623. The van der Waals surface area contributed by atoms with Crippen LogP contribution in [0.15, 0.2) is 75.7 Å². The third-order valence-electron chi connectivity index (χ3n) is 4.67. The molecule has 0 aliphatic heterocycles. The van der Waals surface area contributed by atoms with Crippen molar-refractivity contribution in [1.82, 2.24) is 5.16 Å². The molecule has 2 heterocycles. The number of ether oxygens (including phenoxy) is 2. The molecule has 0 spiro atoms. The van der Waals surface area contributed by atoms with Crippen LogP contribution < -0.4 is 4.74 Å². The van der Waals surface area contributed by atoms with Gasteiger partial charge in [0.25, 0.3) is 0 Å². The van der Waals surface area contributed by atoms with E-state index in [-0.39, 0.29) is 18.2 Å². The molecule has 0 saturated carbocycles. The van der Waals surface area contributed by atoms with Crippen LogP contribution in [0.5, 0.6) is 5.75 Å². The SMILES string of the molecule is COc1ccccc1-c1cc(COC(=O)c2ccc(-c3ccc(C(C)=O)cc3)o2)on1. The van der Waals surface area contributed by atoms with E-state index in [0.29, 0.717) is 28.5 Å². The quantitative estimate of drug-likeness (QED) is 0.303. The van der Waals surface area contributed by atoms with Crippen molar-refractivity contribution in [1.29, 1.82) is 0 Å². The van der Waals surface area contributed by atoms with Gasteiger partial charge in [-0.25, -0.2) is 4.79 Å². The molecule has 156 valence electrons. The number of para-hydroxylation sites is 1. The molecule has 0 fully saturated rings. The number of carbonyl (C=O) groups excluding carboxylic acids is 2. The second-order valence-corrected chi connectivity index (χ2v) is 6.75. The molecule has 0 aliphatic carbocycles. The predicted molar refractivity (Wildman–Crippen MR) is 112 cm³/mol. The molecule has 4 aromatic rings. The van der Waals surface area contributed by atoms with Crippen LogP contribution >= 0.6 is 0 Å². The highest BCUT2D eigenvalue weighted by Crippen LogP contribution is 2.29. The molecule has 0 aliphatic rings. The molecular formula is C24H19NO6. The predicted octanol–water partition coefficient (Wildman–Crippen LogP) is 5.17. The number of Topliss-reactive ketones (excluding diaryl/α,β-unsaturated/α-hetero) is 1. The van der Waals surface area contributed by atoms with Crippen molar-refractivity contribution in [3.63, 3.8) is 0 Å². The monoisotopic (exact) mass is 417 g/mol. The van der Waals surface area contributed by atoms with Crippen LogP contribution in [0.1, 0.15) is 33.6 Å². The van der Waals surface area contributed by atoms with E-state index < -0.39 is 5.97 Å². The molecule has 0 bridgehead atoms. The smallest absolute Gasteiger partial charge is 0.374 e. The van der Waals surface area contributed by atoms with Crippen molar-refractivity contribution in [2.75, 3.05) is 7.11 Å². The highest BCUT2D eigenvalue weighted by molar-refractivity contribution is 5.94. The number of nitrogens with zero attached hydrogens (tertiary/aromatic N) is 1. The summed E-state index contributed by atoms with van der Waals surface area (Å²) in [6, 6.07) is 19.3. The van der Waals surface area contributed by atoms with Crippen LogP contribution in [0.2, 0.25) is 0 Å². The van der Waals surface area contributed by atoms with Crippen LogP contribution in [0, 0.1) is 0 Å². The lowest BCUT2D eigenvalue weighted by molar-refractivity contribution is 0.0402. The zero-order chi connectivity index (χ0) is 21.8. The molecule has 0 amide bonds. The van der Waals surface area contributed by atoms with Crippen molar-refractivity contribution in [3.05, 3.63) is 83.8 Å². The Bertz CT molecular complexity index is 1220. The molecule has 0 atom stereocenters. The molecule has 0 radical (unpaired) electrons. The Morgan fingerprint density at radius 2 is 1.77 bits per heavy atom. The molecule has 7 heteroatoms. The Morgan fingerprint density at radius 3 is 2.52 bits per heavy atom. The summed E-state index contributed by atoms with van der Waals surface area (Å²) in [6.07, 6.45) is 0. The Hall–Kier alpha value is -4.13. The minimum Gasteiger partial charge on any atom is -0.496 e. The number of hydrogen-bond donors (Lipinski definition) is 0. The first-order valence-electron chi connectivity index (χ1n) is 9.52. The van der Waals surface area contributed by atoms with Crippen LogP contribution in [-0.4, -0.2) is 24.0 Å². The summed E-state index contributed by atoms with van der Waals surface area (Å²) in [6.45, 7) is 1.41. The lowest BCUT2D eigenvalue weighted by Crippen LogP contribution is -2.03. The van der Waals surface area contributed by atoms with Crippen molar-refractivity contribution >= 4 is 11.8 Å². The van der Waals surface area contributed by atoms with E-state index in [1.54, 1.807) is 43.5 Å². The normalized spacial score (nSPS) is 10.6. The average Bonchev–Trinajstić information content (AvgIpc) is 3.47. The number of ketones is 1. The van der Waals surface area contributed by atoms with E-state index in [4.69, 9.17) is 18.4 Å². The molecule has 4 rings (SSSR count). The van der Waals surface area contributed by atoms with Gasteiger partial charge in [0, 0.05) is 22.8 Å². The van der Waals surface area contributed by atoms with Gasteiger partial charge in [-0.05, 0) is 31.2 Å². The Morgan fingerprint density at radius 1 is 1.00 bits per heavy atom. The molecule has 2 aromatic heterocycles. The first-order chi connectivity index (χ1) is 15.0. The third-order valence-corrected chi connectivity index (χ3v) is 4.67. The van der Waals surface area contributed by atoms with Crippen molar-refractivity contribution in [2.45, 2.75) is 13.5 Å². The summed E-state index contributed by atoms with van der Waals surface area (Å²) in [5.74, 6) is 0.980. The second kappa shape index (κ2) is 8.71. The number of hydrogen-bond acceptors (Lipinski definition) is 7. The van der Waals surface area contributed by atoms with Gasteiger partial charge in [0.1, 0.15) is 17.2 Å². The summed E-state index contributed by atoms with van der Waals surface area (Å²) in [5.41, 5.74) is 2.71. The summed E-state index contributed by atoms with van der Waals surface area (Å²) in [5, 5.41) is 4.02. The fourth-order valence-electron chi connectivity index (χ4n) is 3.04. The zero-order valence-corrected chi connectivity index (χ0v) is 17.0. The summed E-state index contributed by atoms with van der Waals surface area (Å²) in [7, 11) is 1.58. The van der Waals surface area contributed by atoms with Crippen molar-refractivity contribution < 1.29 is 28.0 Å². The van der Waals surface area contributed by atoms with E-state index >= 15 is 0 Å². The minimum absolute atomic E-state index is 0.0171. The molecule has 31 heavy (non-hydrogen) atoms. The van der Waals surface area contributed by atoms with Gasteiger partial charge in [0.15, 0.2) is 18.2 Å². The topological polar surface area (TPSA) is 91.8 Å². The highest BCUT2D eigenvalue weighted by atomic mass is 16.6. The fraction of sp³-hybridized carbons (Fsp3) is 0.125. The Balaban J connectivity index is 1.41. The number of aromatic nitrogens is 1. The fourth-order valence-corrected chi connectivity index (χ4v) is 3.04. The van der Waals surface area contributed by atoms with Gasteiger partial charge in [0.05, 0.1) is 7.11 Å². The molecule has 2 aromatic carbocycles. The summed E-state index contributed by atoms with van der Waals surface area (Å²) >= 11 is 0. The van der Waals surface area contributed by atoms with Crippen molar-refractivity contribution in [3.8, 4) is 28.3 Å². The van der Waals surface area contributed by atoms with Gasteiger partial charge >= 0.3 is 5.97 Å². The lowest BCUT2D eigenvalue weighted by atomic mass is 10.1. The van der Waals surface area contributed by atoms with Crippen LogP contribution in [0.4, 0.5) is 0 Å². The maximum atomic E-state index is 12.3. The number of carbonyl (C=O) groups is 2. The van der Waals surface area contributed by atoms with Crippen LogP contribution in [0.25, 0.3) is 22.6 Å². The number of methoxy groups -OCH3 is 1. The average molecular weight is 417 g/mol. The maximum absolute atomic E-state index is 12.3. The van der Waals surface area contributed by atoms with E-state index in [9.17, 15) is 9.59 Å². The van der Waals surface area contributed by atoms with Gasteiger partial charge in [0.2, 0.25) is 5.76 Å². The lowest BCUT2D eigenvalue weighted by Gasteiger charge is -2.03. The van der Waals surface area contributed by atoms with E-state index in [2.05, 4.69) is 5.16 Å². The molecule has 7 nitrogen and oxygen atoms in total. The first kappa shape index (κ1) is 20.2. The Labute approximate surface area is 178 Å². The molecule has 0 saturated heterocycles. The molecule has 0 N–H and O–H groups in total. The second-order valence-electron chi connectivity index (χ2n) is 6.75. The third kappa shape index (κ3) is 4.40.